The van der Waals surface area contributed by atoms with Gasteiger partial charge in [-0.25, -0.2) is 0 Å². The third-order valence-electron chi connectivity index (χ3n) is 4.70. The van der Waals surface area contributed by atoms with E-state index in [0.717, 1.165) is 43.1 Å². The second-order valence-electron chi connectivity index (χ2n) is 6.50. The normalized spacial score (nSPS) is 15.7. The quantitative estimate of drug-likeness (QED) is 0.789. The van der Waals surface area contributed by atoms with Crippen LogP contribution in [0.3, 0.4) is 0 Å². The van der Waals surface area contributed by atoms with Gasteiger partial charge in [0.05, 0.1) is 23.6 Å². The molecule has 7 nitrogen and oxygen atoms in total. The van der Waals surface area contributed by atoms with Gasteiger partial charge in [-0.05, 0) is 37.6 Å². The van der Waals surface area contributed by atoms with E-state index in [-0.39, 0.29) is 0 Å². The number of aliphatic hydroxyl groups is 1. The minimum Gasteiger partial charge on any atom is -0.380 e. The van der Waals surface area contributed by atoms with Crippen molar-refractivity contribution in [2.24, 2.45) is 7.05 Å². The van der Waals surface area contributed by atoms with E-state index < -0.39 is 6.10 Å². The standard InChI is InChI=1S/C18H22N6O/c1-13-10-14(4-6-19-13)23-8-3-9-24-15(12-23)11-16(21-24)18(25)17-5-7-20-22(17)2/h4-7,10-11,18,25H,3,8-9,12H2,1-2H3/t18-/m0/s1. The topological polar surface area (TPSA) is 72.0 Å². The predicted molar refractivity (Wildman–Crippen MR) is 94.1 cm³/mol. The number of aliphatic hydroxyl groups excluding tert-OH is 1. The van der Waals surface area contributed by atoms with Gasteiger partial charge in [-0.2, -0.15) is 10.2 Å². The smallest absolute Gasteiger partial charge is 0.139 e. The number of aromatic nitrogens is 5. The minimum atomic E-state index is -0.761. The van der Waals surface area contributed by atoms with Crippen LogP contribution in [-0.2, 0) is 20.1 Å². The molecule has 7 heteroatoms. The largest absolute Gasteiger partial charge is 0.380 e. The summed E-state index contributed by atoms with van der Waals surface area (Å²) in [7, 11) is 1.83. The zero-order valence-electron chi connectivity index (χ0n) is 14.5. The van der Waals surface area contributed by atoms with Crippen LogP contribution in [0, 0.1) is 6.92 Å². The maximum Gasteiger partial charge on any atom is 0.139 e. The lowest BCUT2D eigenvalue weighted by atomic mass is 10.1. The highest BCUT2D eigenvalue weighted by Gasteiger charge is 2.22. The average molecular weight is 338 g/mol. The van der Waals surface area contributed by atoms with Crippen molar-refractivity contribution in [3.05, 3.63) is 59.4 Å². The molecule has 3 aromatic rings. The van der Waals surface area contributed by atoms with Crippen molar-refractivity contribution in [2.75, 3.05) is 11.4 Å². The van der Waals surface area contributed by atoms with Crippen molar-refractivity contribution in [1.29, 1.82) is 0 Å². The Morgan fingerprint density at radius 3 is 2.80 bits per heavy atom. The second kappa shape index (κ2) is 6.33. The van der Waals surface area contributed by atoms with Gasteiger partial charge in [0.15, 0.2) is 0 Å². The van der Waals surface area contributed by atoms with Gasteiger partial charge in [-0.3, -0.25) is 14.3 Å². The highest BCUT2D eigenvalue weighted by Crippen LogP contribution is 2.25. The molecule has 0 saturated heterocycles. The Labute approximate surface area is 146 Å². The molecule has 1 atom stereocenters. The molecule has 0 spiro atoms. The number of aryl methyl sites for hydroxylation is 3. The molecule has 0 aliphatic carbocycles. The van der Waals surface area contributed by atoms with Gasteiger partial charge in [0, 0.05) is 43.9 Å². The minimum absolute atomic E-state index is 0.673. The van der Waals surface area contributed by atoms with Crippen LogP contribution in [-0.4, -0.2) is 36.2 Å². The first-order valence-corrected chi connectivity index (χ1v) is 8.52. The summed E-state index contributed by atoms with van der Waals surface area (Å²) >= 11 is 0. The molecule has 0 saturated carbocycles. The first kappa shape index (κ1) is 15.8. The van der Waals surface area contributed by atoms with Crippen LogP contribution in [0.5, 0.6) is 0 Å². The van der Waals surface area contributed by atoms with Crippen molar-refractivity contribution in [1.82, 2.24) is 24.5 Å². The van der Waals surface area contributed by atoms with E-state index in [1.807, 2.05) is 43.0 Å². The fraction of sp³-hybridized carbons (Fsp3) is 0.389. The zero-order valence-corrected chi connectivity index (χ0v) is 14.5. The molecule has 0 bridgehead atoms. The number of hydrogen-bond acceptors (Lipinski definition) is 5. The van der Waals surface area contributed by atoms with Crippen LogP contribution in [0.2, 0.25) is 0 Å². The molecule has 1 aliphatic heterocycles. The lowest BCUT2D eigenvalue weighted by Crippen LogP contribution is -2.22. The zero-order chi connectivity index (χ0) is 17.4. The Kier molecular flexibility index (Phi) is 4.01. The van der Waals surface area contributed by atoms with Gasteiger partial charge in [0.25, 0.3) is 0 Å². The van der Waals surface area contributed by atoms with Gasteiger partial charge < -0.3 is 10.0 Å². The van der Waals surface area contributed by atoms with Gasteiger partial charge in [-0.15, -0.1) is 0 Å². The van der Waals surface area contributed by atoms with Crippen LogP contribution in [0.15, 0.2) is 36.7 Å². The summed E-state index contributed by atoms with van der Waals surface area (Å²) in [6.07, 6.45) is 3.79. The van der Waals surface area contributed by atoms with E-state index in [2.05, 4.69) is 26.1 Å². The first-order valence-electron chi connectivity index (χ1n) is 8.52. The Morgan fingerprint density at radius 1 is 1.16 bits per heavy atom. The van der Waals surface area contributed by atoms with E-state index in [9.17, 15) is 5.11 Å². The summed E-state index contributed by atoms with van der Waals surface area (Å²) < 4.78 is 3.70. The van der Waals surface area contributed by atoms with Crippen molar-refractivity contribution in [2.45, 2.75) is 32.5 Å². The van der Waals surface area contributed by atoms with Gasteiger partial charge in [0.1, 0.15) is 6.10 Å². The number of anilines is 1. The van der Waals surface area contributed by atoms with Crippen LogP contribution in [0.4, 0.5) is 5.69 Å². The lowest BCUT2D eigenvalue weighted by Gasteiger charge is -2.22. The fourth-order valence-corrected chi connectivity index (χ4v) is 3.37. The molecule has 130 valence electrons. The van der Waals surface area contributed by atoms with Crippen molar-refractivity contribution >= 4 is 5.69 Å². The molecule has 3 aromatic heterocycles. The van der Waals surface area contributed by atoms with E-state index in [0.29, 0.717) is 5.69 Å². The molecule has 0 amide bonds. The Balaban J connectivity index is 1.62. The number of pyridine rings is 1. The molecule has 25 heavy (non-hydrogen) atoms. The Bertz CT molecular complexity index is 883. The van der Waals surface area contributed by atoms with E-state index in [1.54, 1.807) is 10.9 Å². The highest BCUT2D eigenvalue weighted by atomic mass is 16.3. The third-order valence-corrected chi connectivity index (χ3v) is 4.70. The molecular weight excluding hydrogens is 316 g/mol. The summed E-state index contributed by atoms with van der Waals surface area (Å²) in [5.74, 6) is 0. The second-order valence-corrected chi connectivity index (χ2v) is 6.50. The van der Waals surface area contributed by atoms with Crippen molar-refractivity contribution < 1.29 is 5.11 Å². The van der Waals surface area contributed by atoms with Crippen LogP contribution < -0.4 is 4.90 Å². The van der Waals surface area contributed by atoms with Gasteiger partial charge in [-0.1, -0.05) is 0 Å². The van der Waals surface area contributed by atoms with Crippen molar-refractivity contribution in [3.8, 4) is 0 Å². The predicted octanol–water partition coefficient (Wildman–Crippen LogP) is 1.81. The fourth-order valence-electron chi connectivity index (χ4n) is 3.37. The van der Waals surface area contributed by atoms with E-state index in [1.165, 1.54) is 5.69 Å². The monoisotopic (exact) mass is 338 g/mol. The highest BCUT2D eigenvalue weighted by molar-refractivity contribution is 5.47. The van der Waals surface area contributed by atoms with Gasteiger partial charge in [0.2, 0.25) is 0 Å². The molecule has 0 aromatic carbocycles. The lowest BCUT2D eigenvalue weighted by molar-refractivity contribution is 0.203. The van der Waals surface area contributed by atoms with E-state index >= 15 is 0 Å². The molecule has 1 aliphatic rings. The number of fused-ring (bicyclic) bond motifs is 1. The maximum absolute atomic E-state index is 10.6. The summed E-state index contributed by atoms with van der Waals surface area (Å²) in [5.41, 5.74) is 4.72. The maximum atomic E-state index is 10.6. The molecule has 0 fully saturated rings. The molecule has 4 rings (SSSR count). The number of nitrogens with zero attached hydrogens (tertiary/aromatic N) is 6. The molecule has 4 heterocycles. The molecular formula is C18H22N6O. The summed E-state index contributed by atoms with van der Waals surface area (Å²) in [5, 5.41) is 19.4. The van der Waals surface area contributed by atoms with Crippen molar-refractivity contribution in [3.63, 3.8) is 0 Å². The van der Waals surface area contributed by atoms with Crippen LogP contribution in [0.25, 0.3) is 0 Å². The SMILES string of the molecule is Cc1cc(N2CCCn3nc([C@H](O)c4ccnn4C)cc3C2)ccn1. The van der Waals surface area contributed by atoms with Crippen LogP contribution >= 0.6 is 0 Å². The third kappa shape index (κ3) is 3.02. The first-order chi connectivity index (χ1) is 12.1. The average Bonchev–Trinajstić information content (AvgIpc) is 3.15. The summed E-state index contributed by atoms with van der Waals surface area (Å²) in [6, 6.07) is 7.98. The Morgan fingerprint density at radius 2 is 2.04 bits per heavy atom. The van der Waals surface area contributed by atoms with E-state index in [4.69, 9.17) is 0 Å². The Hall–Kier alpha value is -2.67. The molecule has 0 unspecified atom stereocenters. The van der Waals surface area contributed by atoms with Crippen LogP contribution in [0.1, 0.15) is 35.3 Å². The van der Waals surface area contributed by atoms with Gasteiger partial charge >= 0.3 is 0 Å². The number of hydrogen-bond donors (Lipinski definition) is 1. The molecule has 1 N–H and O–H groups in total. The number of rotatable bonds is 3. The molecule has 0 radical (unpaired) electrons. The summed E-state index contributed by atoms with van der Waals surface area (Å²) in [4.78, 5) is 6.62. The summed E-state index contributed by atoms with van der Waals surface area (Å²) in [6.45, 7) is 4.61.